The molecule has 0 aliphatic heterocycles. The van der Waals surface area contributed by atoms with Gasteiger partial charge in [0.25, 0.3) is 0 Å². The molecule has 0 unspecified atom stereocenters. The zero-order valence-electron chi connectivity index (χ0n) is 12.5. The molecule has 0 saturated heterocycles. The molecule has 0 amide bonds. The first-order valence-electron chi connectivity index (χ1n) is 6.92. The molecule has 101 valence electrons. The average Bonchev–Trinajstić information content (AvgIpc) is 2.64. The van der Waals surface area contributed by atoms with Crippen molar-refractivity contribution < 1.29 is 20.7 Å². The summed E-state index contributed by atoms with van der Waals surface area (Å²) in [5.74, 6) is 0. The van der Waals surface area contributed by atoms with E-state index < -0.39 is 15.9 Å². The van der Waals surface area contributed by atoms with Gasteiger partial charge < -0.3 is 0 Å². The predicted octanol–water partition coefficient (Wildman–Crippen LogP) is 5.07. The molecule has 1 N–H and O–H groups in total. The summed E-state index contributed by atoms with van der Waals surface area (Å²) in [7, 11) is 0. The van der Waals surface area contributed by atoms with Crippen molar-refractivity contribution in [1.82, 2.24) is 3.47 Å². The van der Waals surface area contributed by atoms with E-state index in [0.29, 0.717) is 0 Å². The molecule has 1 aliphatic carbocycles. The summed E-state index contributed by atoms with van der Waals surface area (Å²) in [5, 5.41) is 0. The summed E-state index contributed by atoms with van der Waals surface area (Å²) in [4.78, 5) is 5.83. The quantitative estimate of drug-likeness (QED) is 0.378. The van der Waals surface area contributed by atoms with Gasteiger partial charge in [-0.3, -0.25) is 0 Å². The van der Waals surface area contributed by atoms with Gasteiger partial charge in [-0.15, -0.1) is 0 Å². The molecule has 0 aromatic carbocycles. The molecule has 0 spiro atoms. The van der Waals surface area contributed by atoms with Crippen LogP contribution in [0.5, 0.6) is 0 Å². The Morgan fingerprint density at radius 1 is 1.24 bits per heavy atom. The van der Waals surface area contributed by atoms with Crippen LogP contribution < -0.4 is 3.47 Å². The molecular weight excluding hydrogens is 377 g/mol. The van der Waals surface area contributed by atoms with E-state index in [1.54, 1.807) is 0 Å². The van der Waals surface area contributed by atoms with E-state index in [0.717, 1.165) is 19.4 Å². The van der Waals surface area contributed by atoms with Gasteiger partial charge >= 0.3 is 102 Å². The number of hydrogen-bond acceptors (Lipinski definition) is 2. The standard InChI is InChI=1S/C5H5.C4H10NO.5CH3.Hf/c1-2-4-5-3-1;1-2-3-4-6-5;;;;;;/h1-3H,4H2;5H,2-4H2,1H3;5*1H3;/q;-1;;;;;;+1. The fourth-order valence-corrected chi connectivity index (χ4v) is 14.0. The predicted molar refractivity (Wildman–Crippen MR) is 75.2 cm³/mol. The van der Waals surface area contributed by atoms with Crippen molar-refractivity contribution in [3.05, 3.63) is 21.6 Å². The van der Waals surface area contributed by atoms with Crippen LogP contribution in [0.4, 0.5) is 0 Å². The van der Waals surface area contributed by atoms with E-state index in [4.69, 9.17) is 4.84 Å². The second-order valence-corrected chi connectivity index (χ2v) is 68.1. The zero-order valence-corrected chi connectivity index (χ0v) is 16.1. The third-order valence-electron chi connectivity index (χ3n) is 3.77. The molecule has 0 atom stereocenters. The van der Waals surface area contributed by atoms with Crippen LogP contribution >= 0.6 is 0 Å². The third kappa shape index (κ3) is 3.87. The molecule has 0 aromatic heterocycles. The second kappa shape index (κ2) is 3.43. The topological polar surface area (TPSA) is 21.3 Å². The van der Waals surface area contributed by atoms with E-state index in [1.165, 1.54) is 9.75 Å². The Hall–Kier alpha value is 0.270. The Labute approximate surface area is 102 Å². The number of hydrogen-bond donors (Lipinski definition) is 1. The molecular formula is C14H30HfNO. The van der Waals surface area contributed by atoms with E-state index in [1.807, 2.05) is 0 Å². The first-order valence-corrected chi connectivity index (χ1v) is 28.5. The van der Waals surface area contributed by atoms with Crippen LogP contribution in [0.2, 0.25) is 23.4 Å². The van der Waals surface area contributed by atoms with Crippen LogP contribution in [0.25, 0.3) is 0 Å². The Balaban J connectivity index is 2.92. The molecule has 3 heteroatoms. The summed E-state index contributed by atoms with van der Waals surface area (Å²) >= 11 is -4.11. The molecule has 0 aromatic rings. The maximum absolute atomic E-state index is 5.83. The Morgan fingerprint density at radius 2 is 1.88 bits per heavy atom. The molecule has 17 heavy (non-hydrogen) atoms. The van der Waals surface area contributed by atoms with Crippen LogP contribution in [0.1, 0.15) is 26.2 Å². The normalized spacial score (nSPS) is 22.5. The summed E-state index contributed by atoms with van der Waals surface area (Å²) < 4.78 is 17.1. The summed E-state index contributed by atoms with van der Waals surface area (Å²) in [6.45, 7) is 2.98. The Kier molecular flexibility index (Phi) is 3.09. The Bertz CT molecular complexity index is 375. The van der Waals surface area contributed by atoms with Crippen molar-refractivity contribution in [3.8, 4) is 0 Å². The van der Waals surface area contributed by atoms with Gasteiger partial charge in [0.1, 0.15) is 0 Å². The molecule has 0 heterocycles. The van der Waals surface area contributed by atoms with E-state index in [2.05, 4.69) is 52.0 Å². The van der Waals surface area contributed by atoms with Gasteiger partial charge in [0.2, 0.25) is 0 Å². The van der Waals surface area contributed by atoms with Gasteiger partial charge in [-0.1, -0.05) is 0 Å². The molecule has 1 aliphatic rings. The number of rotatable bonds is 6. The van der Waals surface area contributed by atoms with Gasteiger partial charge in [0, 0.05) is 0 Å². The molecule has 0 radical (unpaired) electrons. The summed E-state index contributed by atoms with van der Waals surface area (Å²) in [6.07, 6.45) is 10.0. The van der Waals surface area contributed by atoms with Crippen molar-refractivity contribution >= 4 is 0 Å². The minimum absolute atomic E-state index is 0.798. The number of allylic oxidation sites excluding steroid dienone is 4. The SMILES string of the molecule is CCCCO[NH][Hf]([CH3])([CH3])([CH3])([CH3])([CH3])[C]1=CC=CC1. The van der Waals surface area contributed by atoms with Crippen molar-refractivity contribution in [2.75, 3.05) is 6.61 Å². The molecule has 0 saturated carbocycles. The van der Waals surface area contributed by atoms with Gasteiger partial charge in [-0.25, -0.2) is 0 Å². The Morgan fingerprint density at radius 3 is 2.35 bits per heavy atom. The fourth-order valence-electron chi connectivity index (χ4n) is 2.20. The van der Waals surface area contributed by atoms with Gasteiger partial charge in [-0.2, -0.15) is 0 Å². The maximum atomic E-state index is 5.83. The van der Waals surface area contributed by atoms with Crippen molar-refractivity contribution in [2.24, 2.45) is 0 Å². The number of nitrogens with one attached hydrogen (secondary N) is 1. The molecule has 2 nitrogen and oxygen atoms in total. The first kappa shape index (κ1) is 15.3. The van der Waals surface area contributed by atoms with Gasteiger partial charge in [-0.05, 0) is 0 Å². The van der Waals surface area contributed by atoms with E-state index in [-0.39, 0.29) is 0 Å². The molecule has 1 rings (SSSR count). The van der Waals surface area contributed by atoms with Gasteiger partial charge in [0.15, 0.2) is 0 Å². The van der Waals surface area contributed by atoms with Gasteiger partial charge in [0.05, 0.1) is 0 Å². The van der Waals surface area contributed by atoms with Crippen LogP contribution in [-0.4, -0.2) is 6.61 Å². The van der Waals surface area contributed by atoms with Crippen molar-refractivity contribution in [3.63, 3.8) is 0 Å². The average molecular weight is 407 g/mol. The minimum atomic E-state index is -4.11. The van der Waals surface area contributed by atoms with Crippen LogP contribution in [0.3, 0.4) is 0 Å². The van der Waals surface area contributed by atoms with Crippen molar-refractivity contribution in [2.45, 2.75) is 49.6 Å². The second-order valence-electron chi connectivity index (χ2n) is 10.3. The third-order valence-corrected chi connectivity index (χ3v) is 22.3. The summed E-state index contributed by atoms with van der Waals surface area (Å²) in [6, 6.07) is 0. The molecule has 0 bridgehead atoms. The fraction of sp³-hybridized carbons (Fsp3) is 0.714. The monoisotopic (exact) mass is 408 g/mol. The number of unbranched alkanes of at least 4 members (excludes halogenated alkanes) is 1. The molecule has 0 fully saturated rings. The first-order chi connectivity index (χ1) is 7.40. The van der Waals surface area contributed by atoms with Crippen LogP contribution in [0, 0.1) is 0 Å². The van der Waals surface area contributed by atoms with Crippen molar-refractivity contribution in [1.29, 1.82) is 0 Å². The summed E-state index contributed by atoms with van der Waals surface area (Å²) in [5.41, 5.74) is 0. The van der Waals surface area contributed by atoms with Crippen LogP contribution in [0.15, 0.2) is 21.6 Å². The van der Waals surface area contributed by atoms with E-state index >= 15 is 0 Å². The van der Waals surface area contributed by atoms with E-state index in [9.17, 15) is 0 Å². The van der Waals surface area contributed by atoms with Crippen LogP contribution in [-0.2, 0) is 20.7 Å². The zero-order chi connectivity index (χ0) is 13.3.